The van der Waals surface area contributed by atoms with Gasteiger partial charge in [-0.15, -0.1) is 0 Å². The van der Waals surface area contributed by atoms with Crippen LogP contribution in [0.3, 0.4) is 0 Å². The second-order valence-electron chi connectivity index (χ2n) is 4.08. The van der Waals surface area contributed by atoms with E-state index in [-0.39, 0.29) is 11.4 Å². The van der Waals surface area contributed by atoms with Crippen molar-refractivity contribution < 1.29 is 9.21 Å². The third-order valence-corrected chi connectivity index (χ3v) is 3.50. The molecule has 0 aliphatic carbocycles. The molecule has 84 valence electrons. The highest BCUT2D eigenvalue weighted by molar-refractivity contribution is 9.09. The van der Waals surface area contributed by atoms with Crippen molar-refractivity contribution in [2.45, 2.75) is 32.7 Å². The fraction of sp³-hybridized carbons (Fsp3) is 0.545. The maximum atomic E-state index is 11.9. The van der Waals surface area contributed by atoms with Crippen LogP contribution in [0.15, 0.2) is 16.7 Å². The van der Waals surface area contributed by atoms with E-state index in [1.807, 2.05) is 20.8 Å². The van der Waals surface area contributed by atoms with Gasteiger partial charge in [-0.25, -0.2) is 0 Å². The van der Waals surface area contributed by atoms with E-state index in [1.54, 1.807) is 12.3 Å². The van der Waals surface area contributed by atoms with Crippen LogP contribution in [-0.2, 0) is 6.42 Å². The number of rotatable bonds is 4. The zero-order valence-corrected chi connectivity index (χ0v) is 10.8. The minimum Gasteiger partial charge on any atom is -0.469 e. The van der Waals surface area contributed by atoms with Crippen LogP contribution < -0.4 is 5.32 Å². The zero-order valence-electron chi connectivity index (χ0n) is 9.26. The number of carbonyl (C=O) groups is 1. The maximum Gasteiger partial charge on any atom is 0.255 e. The number of amides is 1. The molecular weight excluding hydrogens is 258 g/mol. The molecule has 0 saturated carbocycles. The molecular formula is C11H16BrNO2. The molecule has 1 aromatic rings. The highest BCUT2D eigenvalue weighted by atomic mass is 79.9. The number of alkyl halides is 1. The molecule has 0 aliphatic rings. The monoisotopic (exact) mass is 273 g/mol. The van der Waals surface area contributed by atoms with Crippen molar-refractivity contribution in [3.8, 4) is 0 Å². The van der Waals surface area contributed by atoms with Gasteiger partial charge in [0.15, 0.2) is 0 Å². The predicted molar refractivity (Wildman–Crippen MR) is 63.4 cm³/mol. The van der Waals surface area contributed by atoms with Gasteiger partial charge in [-0.3, -0.25) is 4.79 Å². The van der Waals surface area contributed by atoms with Crippen LogP contribution in [0, 0.1) is 0 Å². The third-order valence-electron chi connectivity index (χ3n) is 2.10. The molecule has 3 nitrogen and oxygen atoms in total. The lowest BCUT2D eigenvalue weighted by molar-refractivity contribution is 0.0919. The molecule has 1 amide bonds. The molecule has 0 radical (unpaired) electrons. The number of hydrogen-bond acceptors (Lipinski definition) is 2. The topological polar surface area (TPSA) is 42.2 Å². The minimum atomic E-state index is -0.251. The molecule has 0 bridgehead atoms. The molecule has 0 aliphatic heterocycles. The first-order chi connectivity index (χ1) is 7.00. The second-order valence-corrected chi connectivity index (χ2v) is 4.64. The van der Waals surface area contributed by atoms with Gasteiger partial charge in [0.1, 0.15) is 5.76 Å². The van der Waals surface area contributed by atoms with Gasteiger partial charge in [-0.2, -0.15) is 0 Å². The lowest BCUT2D eigenvalue weighted by atomic mass is 10.1. The standard InChI is InChI=1S/C11H16BrNO2/c1-4-9-8(5-6-15-9)10(14)13-11(2,3)7-12/h5-6H,4,7H2,1-3H3,(H,13,14). The quantitative estimate of drug-likeness (QED) is 0.858. The molecule has 1 rings (SSSR count). The van der Waals surface area contributed by atoms with E-state index in [2.05, 4.69) is 21.2 Å². The number of hydrogen-bond donors (Lipinski definition) is 1. The largest absolute Gasteiger partial charge is 0.469 e. The summed E-state index contributed by atoms with van der Waals surface area (Å²) in [6.45, 7) is 5.89. The summed E-state index contributed by atoms with van der Waals surface area (Å²) in [5.74, 6) is 0.655. The van der Waals surface area contributed by atoms with Crippen LogP contribution in [0.1, 0.15) is 36.9 Å². The van der Waals surface area contributed by atoms with Crippen molar-refractivity contribution in [1.82, 2.24) is 5.32 Å². The Morgan fingerprint density at radius 3 is 2.80 bits per heavy atom. The number of furan rings is 1. The van der Waals surface area contributed by atoms with Gasteiger partial charge in [-0.1, -0.05) is 22.9 Å². The van der Waals surface area contributed by atoms with Crippen molar-refractivity contribution in [2.75, 3.05) is 5.33 Å². The molecule has 0 atom stereocenters. The van der Waals surface area contributed by atoms with Gasteiger partial charge in [0.05, 0.1) is 11.8 Å². The van der Waals surface area contributed by atoms with E-state index in [0.717, 1.165) is 12.2 Å². The number of halogens is 1. The maximum absolute atomic E-state index is 11.9. The highest BCUT2D eigenvalue weighted by Crippen LogP contribution is 2.13. The van der Waals surface area contributed by atoms with Crippen molar-refractivity contribution in [2.24, 2.45) is 0 Å². The summed E-state index contributed by atoms with van der Waals surface area (Å²) in [4.78, 5) is 11.9. The normalized spacial score (nSPS) is 11.5. The Kier molecular flexibility index (Phi) is 3.97. The molecule has 0 spiro atoms. The van der Waals surface area contributed by atoms with Gasteiger partial charge in [0.2, 0.25) is 0 Å². The van der Waals surface area contributed by atoms with Gasteiger partial charge in [0, 0.05) is 17.3 Å². The molecule has 0 unspecified atom stereocenters. The van der Waals surface area contributed by atoms with Crippen molar-refractivity contribution in [1.29, 1.82) is 0 Å². The highest BCUT2D eigenvalue weighted by Gasteiger charge is 2.21. The fourth-order valence-corrected chi connectivity index (χ4v) is 1.36. The number of carbonyl (C=O) groups excluding carboxylic acids is 1. The molecule has 15 heavy (non-hydrogen) atoms. The minimum absolute atomic E-state index is 0.0787. The Balaban J connectivity index is 2.78. The zero-order chi connectivity index (χ0) is 11.5. The fourth-order valence-electron chi connectivity index (χ4n) is 1.22. The van der Waals surface area contributed by atoms with E-state index in [9.17, 15) is 4.79 Å². The van der Waals surface area contributed by atoms with Crippen molar-refractivity contribution >= 4 is 21.8 Å². The average molecular weight is 274 g/mol. The molecule has 1 aromatic heterocycles. The predicted octanol–water partition coefficient (Wildman–Crippen LogP) is 2.75. The first-order valence-corrected chi connectivity index (χ1v) is 6.07. The van der Waals surface area contributed by atoms with Crippen LogP contribution in [0.5, 0.6) is 0 Å². The summed E-state index contributed by atoms with van der Waals surface area (Å²) in [5, 5.41) is 3.65. The summed E-state index contributed by atoms with van der Waals surface area (Å²) in [6.07, 6.45) is 2.28. The summed E-state index contributed by atoms with van der Waals surface area (Å²) in [5.41, 5.74) is 0.380. The average Bonchev–Trinajstić information content (AvgIpc) is 2.64. The SMILES string of the molecule is CCc1occc1C(=O)NC(C)(C)CBr. The molecule has 0 aromatic carbocycles. The second kappa shape index (κ2) is 4.84. The first kappa shape index (κ1) is 12.3. The Morgan fingerprint density at radius 2 is 2.27 bits per heavy atom. The summed E-state index contributed by atoms with van der Waals surface area (Å²) in [6, 6.07) is 1.71. The van der Waals surface area contributed by atoms with E-state index in [4.69, 9.17) is 4.42 Å². The first-order valence-electron chi connectivity index (χ1n) is 4.95. The molecule has 1 heterocycles. The van der Waals surface area contributed by atoms with E-state index in [1.165, 1.54) is 0 Å². The van der Waals surface area contributed by atoms with Gasteiger partial charge in [-0.05, 0) is 19.9 Å². The third kappa shape index (κ3) is 3.09. The molecule has 1 N–H and O–H groups in total. The van der Waals surface area contributed by atoms with E-state index < -0.39 is 0 Å². The van der Waals surface area contributed by atoms with Gasteiger partial charge >= 0.3 is 0 Å². The summed E-state index contributed by atoms with van der Waals surface area (Å²) < 4.78 is 5.21. The van der Waals surface area contributed by atoms with Gasteiger partial charge < -0.3 is 9.73 Å². The van der Waals surface area contributed by atoms with Crippen molar-refractivity contribution in [3.63, 3.8) is 0 Å². The number of aryl methyl sites for hydroxylation is 1. The lowest BCUT2D eigenvalue weighted by Gasteiger charge is -2.23. The van der Waals surface area contributed by atoms with E-state index >= 15 is 0 Å². The van der Waals surface area contributed by atoms with Gasteiger partial charge in [0.25, 0.3) is 5.91 Å². The van der Waals surface area contributed by atoms with E-state index in [0.29, 0.717) is 10.9 Å². The number of nitrogens with one attached hydrogen (secondary N) is 1. The Bertz CT molecular complexity index is 344. The Labute approximate surface area is 98.4 Å². The molecule has 0 saturated heterocycles. The Morgan fingerprint density at radius 1 is 1.60 bits per heavy atom. The van der Waals surface area contributed by atoms with Crippen molar-refractivity contribution in [3.05, 3.63) is 23.7 Å². The van der Waals surface area contributed by atoms with Crippen LogP contribution in [0.25, 0.3) is 0 Å². The molecule has 0 fully saturated rings. The smallest absolute Gasteiger partial charge is 0.255 e. The van der Waals surface area contributed by atoms with Crippen LogP contribution in [0.4, 0.5) is 0 Å². The molecule has 4 heteroatoms. The lowest BCUT2D eigenvalue weighted by Crippen LogP contribution is -2.44. The van der Waals surface area contributed by atoms with Crippen LogP contribution in [0.2, 0.25) is 0 Å². The summed E-state index contributed by atoms with van der Waals surface area (Å²) in [7, 11) is 0. The Hall–Kier alpha value is -0.770. The van der Waals surface area contributed by atoms with Crippen LogP contribution in [-0.4, -0.2) is 16.8 Å². The van der Waals surface area contributed by atoms with Crippen LogP contribution >= 0.6 is 15.9 Å². The summed E-state index contributed by atoms with van der Waals surface area (Å²) >= 11 is 3.36.